The fourth-order valence-electron chi connectivity index (χ4n) is 4.07. The number of esters is 1. The molecule has 0 amide bonds. The average molecular weight is 551 g/mol. The van der Waals surface area contributed by atoms with E-state index in [1.165, 1.54) is 5.56 Å². The Bertz CT molecular complexity index is 1250. The molecule has 1 aromatic heterocycles. The van der Waals surface area contributed by atoms with Gasteiger partial charge in [0.1, 0.15) is 24.9 Å². The molecule has 3 aromatic rings. The molecule has 0 aliphatic heterocycles. The van der Waals surface area contributed by atoms with Crippen LogP contribution in [0.3, 0.4) is 0 Å². The number of carbonyl (C=O) groups is 1. The number of carbonyl (C=O) groups excluding carboxylic acids is 1. The maximum Gasteiger partial charge on any atom is 0.398 e. The van der Waals surface area contributed by atoms with Gasteiger partial charge in [-0.15, -0.1) is 11.3 Å². The number of fused-ring (bicyclic) bond motifs is 1. The number of hydrogen-bond acceptors (Lipinski definition) is 6. The quantitative estimate of drug-likeness (QED) is 0.259. The molecule has 38 heavy (non-hydrogen) atoms. The molecule has 208 valence electrons. The van der Waals surface area contributed by atoms with Crippen LogP contribution in [0.2, 0.25) is 0 Å². The standard InChI is InChI=1S/C29H37F3N2O3S/c1-6-18-9-7-8-10-22(18)24-13-19-11-12-21(14-23(19)38-24)36-16-20(29(30,31)32)17-37-26(35)28(4,5)25(33)15-27(2,3)34/h7-14,20,25H,6,15-17,33-34H2,1-5H3. The summed E-state index contributed by atoms with van der Waals surface area (Å²) in [6.45, 7) is 7.20. The molecular weight excluding hydrogens is 513 g/mol. The van der Waals surface area contributed by atoms with Crippen molar-refractivity contribution in [2.45, 2.75) is 65.2 Å². The molecule has 0 saturated heterocycles. The first-order valence-electron chi connectivity index (χ1n) is 12.6. The largest absolute Gasteiger partial charge is 0.493 e. The van der Waals surface area contributed by atoms with Crippen LogP contribution < -0.4 is 16.2 Å². The van der Waals surface area contributed by atoms with Crippen LogP contribution >= 0.6 is 11.3 Å². The molecule has 3 rings (SSSR count). The highest BCUT2D eigenvalue weighted by atomic mass is 32.1. The number of hydrogen-bond donors (Lipinski definition) is 2. The van der Waals surface area contributed by atoms with Gasteiger partial charge >= 0.3 is 12.1 Å². The molecule has 0 aliphatic carbocycles. The zero-order valence-corrected chi connectivity index (χ0v) is 23.3. The third-order valence-corrected chi connectivity index (χ3v) is 7.82. The molecule has 5 nitrogen and oxygen atoms in total. The molecule has 4 N–H and O–H groups in total. The van der Waals surface area contributed by atoms with Gasteiger partial charge in [-0.05, 0) is 81.3 Å². The first kappa shape index (κ1) is 29.9. The van der Waals surface area contributed by atoms with Crippen molar-refractivity contribution in [2.24, 2.45) is 22.8 Å². The summed E-state index contributed by atoms with van der Waals surface area (Å²) in [7, 11) is 0. The van der Waals surface area contributed by atoms with Gasteiger partial charge in [-0.25, -0.2) is 0 Å². The molecule has 2 unspecified atom stereocenters. The van der Waals surface area contributed by atoms with Crippen LogP contribution in [0.5, 0.6) is 5.75 Å². The number of halogens is 3. The van der Waals surface area contributed by atoms with Crippen molar-refractivity contribution in [3.05, 3.63) is 54.1 Å². The van der Waals surface area contributed by atoms with Gasteiger partial charge in [0.25, 0.3) is 0 Å². The summed E-state index contributed by atoms with van der Waals surface area (Å²) in [4.78, 5) is 13.8. The number of rotatable bonds is 11. The normalized spacial score (nSPS) is 14.4. The van der Waals surface area contributed by atoms with Crippen LogP contribution in [0.1, 0.15) is 46.6 Å². The van der Waals surface area contributed by atoms with Crippen LogP contribution in [0.25, 0.3) is 20.5 Å². The summed E-state index contributed by atoms with van der Waals surface area (Å²) in [5.41, 5.74) is 12.7. The van der Waals surface area contributed by atoms with Gasteiger partial charge in [0.15, 0.2) is 0 Å². The third kappa shape index (κ3) is 7.48. The van der Waals surface area contributed by atoms with E-state index in [2.05, 4.69) is 25.1 Å². The molecule has 0 radical (unpaired) electrons. The van der Waals surface area contributed by atoms with E-state index in [4.69, 9.17) is 20.9 Å². The molecule has 0 bridgehead atoms. The number of thiophene rings is 1. The van der Waals surface area contributed by atoms with Gasteiger partial charge in [-0.3, -0.25) is 4.79 Å². The van der Waals surface area contributed by atoms with Crippen molar-refractivity contribution in [3.63, 3.8) is 0 Å². The predicted octanol–water partition coefficient (Wildman–Crippen LogP) is 6.71. The lowest BCUT2D eigenvalue weighted by molar-refractivity contribution is -0.199. The van der Waals surface area contributed by atoms with E-state index in [-0.39, 0.29) is 0 Å². The molecule has 1 heterocycles. The Labute approximate surface area is 226 Å². The second-order valence-corrected chi connectivity index (χ2v) is 12.1. The first-order valence-corrected chi connectivity index (χ1v) is 13.5. The van der Waals surface area contributed by atoms with E-state index < -0.39 is 48.3 Å². The van der Waals surface area contributed by atoms with Gasteiger partial charge in [0.2, 0.25) is 0 Å². The lowest BCUT2D eigenvalue weighted by Crippen LogP contribution is -2.50. The summed E-state index contributed by atoms with van der Waals surface area (Å²) < 4.78 is 52.8. The highest BCUT2D eigenvalue weighted by Gasteiger charge is 2.43. The van der Waals surface area contributed by atoms with Crippen molar-refractivity contribution in [1.29, 1.82) is 0 Å². The van der Waals surface area contributed by atoms with Crippen molar-refractivity contribution < 1.29 is 27.4 Å². The van der Waals surface area contributed by atoms with Crippen LogP contribution in [0.15, 0.2) is 48.5 Å². The minimum absolute atomic E-state index is 0.303. The van der Waals surface area contributed by atoms with Gasteiger partial charge in [-0.1, -0.05) is 31.2 Å². The van der Waals surface area contributed by atoms with E-state index in [0.717, 1.165) is 26.9 Å². The molecule has 0 spiro atoms. The predicted molar refractivity (Wildman–Crippen MR) is 147 cm³/mol. The number of benzene rings is 2. The Hall–Kier alpha value is -2.62. The zero-order valence-electron chi connectivity index (χ0n) is 22.5. The van der Waals surface area contributed by atoms with Crippen molar-refractivity contribution >= 4 is 27.4 Å². The summed E-state index contributed by atoms with van der Waals surface area (Å²) >= 11 is 1.56. The Morgan fingerprint density at radius 2 is 1.71 bits per heavy atom. The summed E-state index contributed by atoms with van der Waals surface area (Å²) in [6.07, 6.45) is -3.41. The Morgan fingerprint density at radius 1 is 1.03 bits per heavy atom. The van der Waals surface area contributed by atoms with Crippen molar-refractivity contribution in [2.75, 3.05) is 13.2 Å². The third-order valence-electron chi connectivity index (χ3n) is 6.68. The fourth-order valence-corrected chi connectivity index (χ4v) is 5.22. The molecule has 0 aliphatic rings. The van der Waals surface area contributed by atoms with Gasteiger partial charge in [-0.2, -0.15) is 13.2 Å². The maximum absolute atomic E-state index is 13.8. The molecule has 9 heteroatoms. The van der Waals surface area contributed by atoms with E-state index in [1.54, 1.807) is 51.2 Å². The first-order chi connectivity index (χ1) is 17.6. The molecule has 2 atom stereocenters. The number of aryl methyl sites for hydroxylation is 1. The van der Waals surface area contributed by atoms with Gasteiger partial charge in [0, 0.05) is 21.2 Å². The Morgan fingerprint density at radius 3 is 2.34 bits per heavy atom. The topological polar surface area (TPSA) is 87.6 Å². The summed E-state index contributed by atoms with van der Waals surface area (Å²) in [6, 6.07) is 14.8. The number of nitrogens with two attached hydrogens (primary N) is 2. The smallest absolute Gasteiger partial charge is 0.398 e. The van der Waals surface area contributed by atoms with Crippen LogP contribution in [0.4, 0.5) is 13.2 Å². The second-order valence-electron chi connectivity index (χ2n) is 11.0. The van der Waals surface area contributed by atoms with Crippen LogP contribution in [0, 0.1) is 11.3 Å². The Balaban J connectivity index is 1.68. The SMILES string of the molecule is CCc1ccccc1-c1cc2ccc(OCC(COC(=O)C(C)(C)C(N)CC(C)(C)N)C(F)(F)F)cc2s1. The molecule has 2 aromatic carbocycles. The maximum atomic E-state index is 13.8. The highest BCUT2D eigenvalue weighted by molar-refractivity contribution is 7.22. The van der Waals surface area contributed by atoms with E-state index >= 15 is 0 Å². The van der Waals surface area contributed by atoms with Gasteiger partial charge < -0.3 is 20.9 Å². The second kappa shape index (κ2) is 11.6. The van der Waals surface area contributed by atoms with E-state index in [0.29, 0.717) is 12.2 Å². The molecular formula is C29H37F3N2O3S. The number of ether oxygens (including phenoxy) is 2. The van der Waals surface area contributed by atoms with Crippen molar-refractivity contribution in [1.82, 2.24) is 0 Å². The monoisotopic (exact) mass is 550 g/mol. The van der Waals surface area contributed by atoms with Gasteiger partial charge in [0.05, 0.1) is 5.41 Å². The number of alkyl halides is 3. The molecule has 0 fully saturated rings. The minimum atomic E-state index is -4.62. The highest BCUT2D eigenvalue weighted by Crippen LogP contribution is 2.37. The fraction of sp³-hybridized carbons (Fsp3) is 0.483. The van der Waals surface area contributed by atoms with Crippen molar-refractivity contribution in [3.8, 4) is 16.2 Å². The van der Waals surface area contributed by atoms with Crippen LogP contribution in [-0.2, 0) is 16.0 Å². The lowest BCUT2D eigenvalue weighted by Gasteiger charge is -2.34. The van der Waals surface area contributed by atoms with E-state index in [1.807, 2.05) is 18.2 Å². The minimum Gasteiger partial charge on any atom is -0.493 e. The van der Waals surface area contributed by atoms with E-state index in [9.17, 15) is 18.0 Å². The lowest BCUT2D eigenvalue weighted by atomic mass is 9.79. The summed E-state index contributed by atoms with van der Waals surface area (Å²) in [5.74, 6) is -2.47. The molecule has 0 saturated carbocycles. The average Bonchev–Trinajstić information content (AvgIpc) is 3.25. The summed E-state index contributed by atoms with van der Waals surface area (Å²) in [5, 5.41) is 0.990. The Kier molecular flexibility index (Phi) is 9.16. The van der Waals surface area contributed by atoms with Crippen LogP contribution in [-0.4, -0.2) is 36.9 Å². The zero-order chi connectivity index (χ0) is 28.3.